The Morgan fingerprint density at radius 1 is 0.220 bits per heavy atom. The quantitative estimate of drug-likeness (QED) is 0.171. The van der Waals surface area contributed by atoms with Crippen molar-refractivity contribution in [3.8, 4) is 22.5 Å². The number of hydrogen-bond donors (Lipinski definition) is 0. The number of para-hydroxylation sites is 3. The minimum atomic E-state index is 1.17. The second-order valence-corrected chi connectivity index (χ2v) is 13.3. The standard InChI is InChI=1S/C48H30N2/c1-3-13-33(14-4-1)49-45-22-12-11-21-39(45)40-25-23-32(28-47(40)49)31-24-26-46-43(27-31)44-29-41-37-19-9-7-17-35(37)36-18-8-10-20-38(36)42(41)30-48(44)50(46)34-15-5-2-6-16-34/h1-30H. The summed E-state index contributed by atoms with van der Waals surface area (Å²) in [5.74, 6) is 0. The summed E-state index contributed by atoms with van der Waals surface area (Å²) in [4.78, 5) is 0. The van der Waals surface area contributed by atoms with Gasteiger partial charge < -0.3 is 9.13 Å². The zero-order chi connectivity index (χ0) is 32.8. The van der Waals surface area contributed by atoms with E-state index in [0.717, 1.165) is 0 Å². The molecule has 11 aromatic rings. The molecular weight excluding hydrogens is 605 g/mol. The Labute approximate surface area is 288 Å². The molecule has 0 fully saturated rings. The summed E-state index contributed by atoms with van der Waals surface area (Å²) < 4.78 is 4.84. The van der Waals surface area contributed by atoms with Crippen molar-refractivity contribution in [2.45, 2.75) is 0 Å². The lowest BCUT2D eigenvalue weighted by Gasteiger charge is -2.12. The van der Waals surface area contributed by atoms with Gasteiger partial charge in [0.05, 0.1) is 22.1 Å². The lowest BCUT2D eigenvalue weighted by atomic mass is 9.93. The van der Waals surface area contributed by atoms with Crippen molar-refractivity contribution in [1.82, 2.24) is 9.13 Å². The monoisotopic (exact) mass is 634 g/mol. The van der Waals surface area contributed by atoms with E-state index in [2.05, 4.69) is 191 Å². The SMILES string of the molecule is c1ccc(-n2c3ccccc3c3ccc(-c4ccc5c(c4)c4cc6c7ccccc7c7ccccc7c6cc4n5-c4ccccc4)cc32)cc1. The highest BCUT2D eigenvalue weighted by atomic mass is 15.0. The number of benzene rings is 9. The van der Waals surface area contributed by atoms with Crippen molar-refractivity contribution in [1.29, 1.82) is 0 Å². The molecule has 0 amide bonds. The molecule has 2 nitrogen and oxygen atoms in total. The summed E-state index contributed by atoms with van der Waals surface area (Å²) >= 11 is 0. The fraction of sp³-hybridized carbons (Fsp3) is 0. The van der Waals surface area contributed by atoms with Gasteiger partial charge in [0.15, 0.2) is 0 Å². The molecule has 0 saturated carbocycles. The van der Waals surface area contributed by atoms with Gasteiger partial charge >= 0.3 is 0 Å². The van der Waals surface area contributed by atoms with Crippen LogP contribution in [0.2, 0.25) is 0 Å². The lowest BCUT2D eigenvalue weighted by Crippen LogP contribution is -1.94. The molecule has 0 bridgehead atoms. The summed E-state index contributed by atoms with van der Waals surface area (Å²) in [5.41, 5.74) is 9.61. The van der Waals surface area contributed by atoms with Crippen LogP contribution in [0.3, 0.4) is 0 Å². The molecule has 2 aromatic heterocycles. The third-order valence-corrected chi connectivity index (χ3v) is 10.7. The second kappa shape index (κ2) is 10.4. The van der Waals surface area contributed by atoms with E-state index in [4.69, 9.17) is 0 Å². The van der Waals surface area contributed by atoms with Gasteiger partial charge in [0.25, 0.3) is 0 Å². The summed E-state index contributed by atoms with van der Waals surface area (Å²) in [7, 11) is 0. The van der Waals surface area contributed by atoms with E-state index in [9.17, 15) is 0 Å². The van der Waals surface area contributed by atoms with Crippen molar-refractivity contribution >= 4 is 75.9 Å². The molecule has 0 atom stereocenters. The molecule has 2 heterocycles. The molecule has 0 aliphatic heterocycles. The zero-order valence-electron chi connectivity index (χ0n) is 27.2. The van der Waals surface area contributed by atoms with E-state index < -0.39 is 0 Å². The van der Waals surface area contributed by atoms with Crippen LogP contribution in [-0.2, 0) is 0 Å². The fourth-order valence-electron chi connectivity index (χ4n) is 8.46. The maximum Gasteiger partial charge on any atom is 0.0547 e. The van der Waals surface area contributed by atoms with Crippen LogP contribution in [0.4, 0.5) is 0 Å². The van der Waals surface area contributed by atoms with Gasteiger partial charge in [0.1, 0.15) is 0 Å². The summed E-state index contributed by atoms with van der Waals surface area (Å²) in [5, 5.41) is 12.8. The first kappa shape index (κ1) is 27.3. The molecule has 9 aromatic carbocycles. The Balaban J connectivity index is 1.22. The molecule has 232 valence electrons. The fourth-order valence-corrected chi connectivity index (χ4v) is 8.46. The van der Waals surface area contributed by atoms with Gasteiger partial charge in [-0.2, -0.15) is 0 Å². The highest BCUT2D eigenvalue weighted by Gasteiger charge is 2.18. The Hall–Kier alpha value is -6.64. The van der Waals surface area contributed by atoms with Crippen LogP contribution in [0.1, 0.15) is 0 Å². The molecule has 0 spiro atoms. The summed E-state index contributed by atoms with van der Waals surface area (Å²) in [6.07, 6.45) is 0. The summed E-state index contributed by atoms with van der Waals surface area (Å²) in [6.45, 7) is 0. The van der Waals surface area contributed by atoms with Gasteiger partial charge in [-0.3, -0.25) is 0 Å². The third kappa shape index (κ3) is 3.85. The first-order valence-corrected chi connectivity index (χ1v) is 17.3. The Morgan fingerprint density at radius 3 is 1.28 bits per heavy atom. The first-order chi connectivity index (χ1) is 24.8. The number of rotatable bonds is 3. The average molecular weight is 635 g/mol. The number of nitrogens with zero attached hydrogens (tertiary/aromatic N) is 2. The smallest absolute Gasteiger partial charge is 0.0547 e. The molecule has 50 heavy (non-hydrogen) atoms. The molecule has 11 rings (SSSR count). The van der Waals surface area contributed by atoms with Crippen LogP contribution < -0.4 is 0 Å². The van der Waals surface area contributed by atoms with Crippen molar-refractivity contribution in [3.05, 3.63) is 182 Å². The van der Waals surface area contributed by atoms with Crippen molar-refractivity contribution in [2.24, 2.45) is 0 Å². The largest absolute Gasteiger partial charge is 0.309 e. The van der Waals surface area contributed by atoms with E-state index in [0.29, 0.717) is 0 Å². The van der Waals surface area contributed by atoms with Crippen molar-refractivity contribution in [3.63, 3.8) is 0 Å². The predicted molar refractivity (Wildman–Crippen MR) is 213 cm³/mol. The molecule has 0 radical (unpaired) electrons. The van der Waals surface area contributed by atoms with Crippen molar-refractivity contribution < 1.29 is 0 Å². The molecule has 0 N–H and O–H groups in total. The highest BCUT2D eigenvalue weighted by molar-refractivity contribution is 6.29. The van der Waals surface area contributed by atoms with Gasteiger partial charge in [-0.25, -0.2) is 0 Å². The molecule has 0 saturated heterocycles. The topological polar surface area (TPSA) is 9.86 Å². The maximum absolute atomic E-state index is 2.45. The third-order valence-electron chi connectivity index (χ3n) is 10.7. The molecule has 0 aliphatic carbocycles. The lowest BCUT2D eigenvalue weighted by molar-refractivity contribution is 1.18. The van der Waals surface area contributed by atoms with E-state index in [1.165, 1.54) is 98.4 Å². The molecular formula is C48H30N2. The van der Waals surface area contributed by atoms with Crippen molar-refractivity contribution in [2.75, 3.05) is 0 Å². The minimum absolute atomic E-state index is 1.17. The maximum atomic E-state index is 2.45. The van der Waals surface area contributed by atoms with Crippen LogP contribution in [0.5, 0.6) is 0 Å². The Kier molecular flexibility index (Phi) is 5.70. The minimum Gasteiger partial charge on any atom is -0.309 e. The number of fused-ring (bicyclic) bond motifs is 12. The summed E-state index contributed by atoms with van der Waals surface area (Å²) in [6, 6.07) is 66.8. The van der Waals surface area contributed by atoms with E-state index >= 15 is 0 Å². The number of hydrogen-bond acceptors (Lipinski definition) is 0. The van der Waals surface area contributed by atoms with Crippen LogP contribution >= 0.6 is 0 Å². The van der Waals surface area contributed by atoms with E-state index in [1.807, 2.05) is 0 Å². The van der Waals surface area contributed by atoms with Crippen LogP contribution in [0.25, 0.3) is 98.4 Å². The van der Waals surface area contributed by atoms with Crippen LogP contribution in [0.15, 0.2) is 182 Å². The number of aromatic nitrogens is 2. The van der Waals surface area contributed by atoms with Gasteiger partial charge in [-0.05, 0) is 104 Å². The first-order valence-electron chi connectivity index (χ1n) is 17.3. The van der Waals surface area contributed by atoms with E-state index in [-0.39, 0.29) is 0 Å². The van der Waals surface area contributed by atoms with Crippen LogP contribution in [0, 0.1) is 0 Å². The van der Waals surface area contributed by atoms with Gasteiger partial charge in [-0.1, -0.05) is 121 Å². The second-order valence-electron chi connectivity index (χ2n) is 13.3. The van der Waals surface area contributed by atoms with E-state index in [1.54, 1.807) is 0 Å². The zero-order valence-corrected chi connectivity index (χ0v) is 27.2. The molecule has 2 heteroatoms. The van der Waals surface area contributed by atoms with Crippen LogP contribution in [-0.4, -0.2) is 9.13 Å². The average Bonchev–Trinajstić information content (AvgIpc) is 3.69. The van der Waals surface area contributed by atoms with Gasteiger partial charge in [0.2, 0.25) is 0 Å². The highest BCUT2D eigenvalue weighted by Crippen LogP contribution is 2.42. The Bertz CT molecular complexity index is 3130. The van der Waals surface area contributed by atoms with Gasteiger partial charge in [-0.15, -0.1) is 0 Å². The van der Waals surface area contributed by atoms with Gasteiger partial charge in [0, 0.05) is 32.9 Å². The molecule has 0 aliphatic rings. The predicted octanol–water partition coefficient (Wildman–Crippen LogP) is 13.0. The Morgan fingerprint density at radius 2 is 0.640 bits per heavy atom. The molecule has 0 unspecified atom stereocenters. The normalized spacial score (nSPS) is 12.0.